The first-order chi connectivity index (χ1) is 9.83. The minimum Gasteiger partial charge on any atom is -0.396 e. The van der Waals surface area contributed by atoms with Crippen molar-refractivity contribution in [1.29, 1.82) is 0 Å². The molecule has 1 fully saturated rings. The predicted molar refractivity (Wildman–Crippen MR) is 81.0 cm³/mol. The third kappa shape index (κ3) is 3.72. The van der Waals surface area contributed by atoms with Crippen LogP contribution in [0, 0.1) is 18.7 Å². The van der Waals surface area contributed by atoms with Crippen LogP contribution in [-0.2, 0) is 10.0 Å². The summed E-state index contributed by atoms with van der Waals surface area (Å²) in [7, 11) is -3.66. The number of hydrogen-bond acceptors (Lipinski definition) is 4. The van der Waals surface area contributed by atoms with Crippen LogP contribution >= 0.6 is 0 Å². The number of nitrogens with one attached hydrogen (secondary N) is 1. The van der Waals surface area contributed by atoms with E-state index in [0.717, 1.165) is 32.1 Å². The number of nitrogens with two attached hydrogens (primary N) is 1. The fraction of sp³-hybridized carbons (Fsp3) is 0.571. The Morgan fingerprint density at radius 2 is 2.19 bits per heavy atom. The summed E-state index contributed by atoms with van der Waals surface area (Å²) in [6.45, 7) is 6.95. The zero-order chi connectivity index (χ0) is 15.6. The van der Waals surface area contributed by atoms with E-state index in [1.54, 1.807) is 6.92 Å². The van der Waals surface area contributed by atoms with Gasteiger partial charge >= 0.3 is 0 Å². The van der Waals surface area contributed by atoms with Crippen LogP contribution in [0.15, 0.2) is 17.0 Å². The molecule has 3 N–H and O–H groups in total. The maximum Gasteiger partial charge on any atom is 0.240 e. The van der Waals surface area contributed by atoms with Crippen LogP contribution in [0.1, 0.15) is 18.9 Å². The highest BCUT2D eigenvalue weighted by molar-refractivity contribution is 7.89. The van der Waals surface area contributed by atoms with Gasteiger partial charge in [0.2, 0.25) is 10.0 Å². The Balaban J connectivity index is 2.07. The Kier molecular flexibility index (Phi) is 4.85. The quantitative estimate of drug-likeness (QED) is 0.804. The SMILES string of the molecule is CCN1CCC(CNS(=O)(=O)c2cc(N)c(F)cc2C)C1. The maximum atomic E-state index is 13.3. The van der Waals surface area contributed by atoms with E-state index >= 15 is 0 Å². The first-order valence-corrected chi connectivity index (χ1v) is 8.59. The summed E-state index contributed by atoms with van der Waals surface area (Å²) >= 11 is 0. The molecule has 1 unspecified atom stereocenters. The lowest BCUT2D eigenvalue weighted by atomic mass is 10.1. The molecule has 0 saturated carbocycles. The average Bonchev–Trinajstić information content (AvgIpc) is 2.88. The normalized spacial score (nSPS) is 20.0. The zero-order valence-electron chi connectivity index (χ0n) is 12.4. The van der Waals surface area contributed by atoms with E-state index in [1.165, 1.54) is 6.07 Å². The van der Waals surface area contributed by atoms with Crippen molar-refractivity contribution in [1.82, 2.24) is 9.62 Å². The van der Waals surface area contributed by atoms with Crippen LogP contribution in [0.25, 0.3) is 0 Å². The minimum atomic E-state index is -3.66. The fourth-order valence-corrected chi connectivity index (χ4v) is 4.01. The average molecular weight is 315 g/mol. The van der Waals surface area contributed by atoms with Crippen molar-refractivity contribution < 1.29 is 12.8 Å². The summed E-state index contributed by atoms with van der Waals surface area (Å²) in [6.07, 6.45) is 0.987. The number of benzene rings is 1. The van der Waals surface area contributed by atoms with Crippen LogP contribution in [0.3, 0.4) is 0 Å². The van der Waals surface area contributed by atoms with E-state index < -0.39 is 15.8 Å². The Hall–Kier alpha value is -1.18. The van der Waals surface area contributed by atoms with E-state index in [-0.39, 0.29) is 10.6 Å². The van der Waals surface area contributed by atoms with Crippen molar-refractivity contribution in [3.05, 3.63) is 23.5 Å². The Labute approximate surface area is 125 Å². The molecule has 118 valence electrons. The molecule has 1 aliphatic heterocycles. The molecule has 1 saturated heterocycles. The van der Waals surface area contributed by atoms with Gasteiger partial charge in [-0.25, -0.2) is 17.5 Å². The molecule has 1 aliphatic rings. The summed E-state index contributed by atoms with van der Waals surface area (Å²) in [4.78, 5) is 2.34. The summed E-state index contributed by atoms with van der Waals surface area (Å²) in [5, 5.41) is 0. The van der Waals surface area contributed by atoms with Crippen LogP contribution < -0.4 is 10.5 Å². The molecule has 0 radical (unpaired) electrons. The molecule has 7 heteroatoms. The van der Waals surface area contributed by atoms with Crippen LogP contribution in [0.4, 0.5) is 10.1 Å². The monoisotopic (exact) mass is 315 g/mol. The van der Waals surface area contributed by atoms with Gasteiger partial charge in [-0.15, -0.1) is 0 Å². The van der Waals surface area contributed by atoms with Gasteiger partial charge in [0.25, 0.3) is 0 Å². The lowest BCUT2D eigenvalue weighted by Gasteiger charge is -2.15. The van der Waals surface area contributed by atoms with Crippen molar-refractivity contribution in [3.63, 3.8) is 0 Å². The summed E-state index contributed by atoms with van der Waals surface area (Å²) < 4.78 is 40.6. The van der Waals surface area contributed by atoms with Crippen molar-refractivity contribution in [2.24, 2.45) is 5.92 Å². The molecule has 0 bridgehead atoms. The van der Waals surface area contributed by atoms with Gasteiger partial charge in [0.15, 0.2) is 0 Å². The van der Waals surface area contributed by atoms with Gasteiger partial charge in [-0.2, -0.15) is 0 Å². The lowest BCUT2D eigenvalue weighted by molar-refractivity contribution is 0.342. The fourth-order valence-electron chi connectivity index (χ4n) is 2.63. The second kappa shape index (κ2) is 6.29. The predicted octanol–water partition coefficient (Wildman–Crippen LogP) is 1.34. The molecule has 0 aliphatic carbocycles. The number of aryl methyl sites for hydroxylation is 1. The van der Waals surface area contributed by atoms with E-state index in [0.29, 0.717) is 18.0 Å². The van der Waals surface area contributed by atoms with Gasteiger partial charge < -0.3 is 10.6 Å². The molecule has 0 aromatic heterocycles. The first kappa shape index (κ1) is 16.2. The molecule has 21 heavy (non-hydrogen) atoms. The second-order valence-corrected chi connectivity index (χ2v) is 7.27. The summed E-state index contributed by atoms with van der Waals surface area (Å²) in [5.41, 5.74) is 5.67. The van der Waals surface area contributed by atoms with E-state index in [2.05, 4.69) is 16.5 Å². The Morgan fingerprint density at radius 1 is 1.48 bits per heavy atom. The largest absolute Gasteiger partial charge is 0.396 e. The van der Waals surface area contributed by atoms with Crippen LogP contribution in [0.5, 0.6) is 0 Å². The van der Waals surface area contributed by atoms with E-state index in [4.69, 9.17) is 5.73 Å². The van der Waals surface area contributed by atoms with Gasteiger partial charge in [0.05, 0.1) is 10.6 Å². The standard InChI is InChI=1S/C14H22FN3O2S/c1-3-18-5-4-11(9-18)8-17-21(19,20)14-7-13(16)12(15)6-10(14)2/h6-7,11,17H,3-5,8-9,16H2,1-2H3. The third-order valence-electron chi connectivity index (χ3n) is 3.96. The van der Waals surface area contributed by atoms with Crippen molar-refractivity contribution >= 4 is 15.7 Å². The number of anilines is 1. The third-order valence-corrected chi connectivity index (χ3v) is 5.53. The number of rotatable bonds is 5. The summed E-state index contributed by atoms with van der Waals surface area (Å²) in [5.74, 6) is -0.279. The van der Waals surface area contributed by atoms with Gasteiger partial charge in [-0.05, 0) is 50.0 Å². The molecule has 1 heterocycles. The Morgan fingerprint density at radius 3 is 2.81 bits per heavy atom. The molecule has 1 aromatic rings. The molecule has 0 spiro atoms. The first-order valence-electron chi connectivity index (χ1n) is 7.11. The number of nitrogen functional groups attached to an aromatic ring is 1. The number of halogens is 1. The van der Waals surface area contributed by atoms with Crippen molar-refractivity contribution in [2.45, 2.75) is 25.2 Å². The maximum absolute atomic E-state index is 13.3. The van der Waals surface area contributed by atoms with Gasteiger partial charge in [0, 0.05) is 13.1 Å². The van der Waals surface area contributed by atoms with Gasteiger partial charge in [0.1, 0.15) is 5.82 Å². The van der Waals surface area contributed by atoms with Crippen LogP contribution in [0.2, 0.25) is 0 Å². The number of hydrogen-bond donors (Lipinski definition) is 2. The van der Waals surface area contributed by atoms with Crippen LogP contribution in [-0.4, -0.2) is 39.5 Å². The van der Waals surface area contributed by atoms with E-state index in [9.17, 15) is 12.8 Å². The van der Waals surface area contributed by atoms with Crippen molar-refractivity contribution in [2.75, 3.05) is 31.9 Å². The second-order valence-electron chi connectivity index (χ2n) is 5.54. The zero-order valence-corrected chi connectivity index (χ0v) is 13.2. The van der Waals surface area contributed by atoms with E-state index in [1.807, 2.05) is 0 Å². The molecule has 5 nitrogen and oxygen atoms in total. The number of sulfonamides is 1. The lowest BCUT2D eigenvalue weighted by Crippen LogP contribution is -2.31. The van der Waals surface area contributed by atoms with Gasteiger partial charge in [-0.1, -0.05) is 6.92 Å². The topological polar surface area (TPSA) is 75.4 Å². The molecular weight excluding hydrogens is 293 g/mol. The summed E-state index contributed by atoms with van der Waals surface area (Å²) in [6, 6.07) is 2.33. The Bertz CT molecular complexity index is 619. The number of likely N-dealkylation sites (tertiary alicyclic amines) is 1. The molecule has 1 atom stereocenters. The van der Waals surface area contributed by atoms with Gasteiger partial charge in [-0.3, -0.25) is 0 Å². The smallest absolute Gasteiger partial charge is 0.240 e. The minimum absolute atomic E-state index is 0.0479. The molecule has 2 rings (SSSR count). The molecule has 1 aromatic carbocycles. The highest BCUT2D eigenvalue weighted by Gasteiger charge is 2.24. The highest BCUT2D eigenvalue weighted by atomic mass is 32.2. The molecule has 0 amide bonds. The highest BCUT2D eigenvalue weighted by Crippen LogP contribution is 2.22. The number of nitrogens with zero attached hydrogens (tertiary/aromatic N) is 1. The molecular formula is C14H22FN3O2S. The van der Waals surface area contributed by atoms with Crippen molar-refractivity contribution in [3.8, 4) is 0 Å².